The van der Waals surface area contributed by atoms with Gasteiger partial charge in [0.05, 0.1) is 24.3 Å². The predicted octanol–water partition coefficient (Wildman–Crippen LogP) is 3.39. The Hall–Kier alpha value is -2.94. The number of hydrogen-bond acceptors (Lipinski definition) is 5. The van der Waals surface area contributed by atoms with Crippen LogP contribution in [-0.2, 0) is 0 Å². The average Bonchev–Trinajstić information content (AvgIpc) is 2.60. The number of nitriles is 1. The molecule has 0 radical (unpaired) electrons. The van der Waals surface area contributed by atoms with Crippen LogP contribution in [0.15, 0.2) is 36.7 Å². The molecule has 2 aromatic rings. The van der Waals surface area contributed by atoms with E-state index in [4.69, 9.17) is 14.7 Å². The molecule has 2 rings (SSSR count). The molecule has 23 heavy (non-hydrogen) atoms. The first kappa shape index (κ1) is 18.1. The van der Waals surface area contributed by atoms with Crippen LogP contribution < -0.4 is 9.47 Å². The Bertz CT molecular complexity index is 670. The minimum atomic E-state index is -0.522. The number of rotatable bonds is 5. The zero-order valence-electron chi connectivity index (χ0n) is 13.0. The highest BCUT2D eigenvalue weighted by Crippen LogP contribution is 2.33. The number of aromatic nitrogens is 1. The fourth-order valence-electron chi connectivity index (χ4n) is 1.65. The number of benzene rings is 1. The zero-order valence-corrected chi connectivity index (χ0v) is 13.0. The van der Waals surface area contributed by atoms with Crippen molar-refractivity contribution >= 4 is 6.29 Å². The molecule has 0 aliphatic heterocycles. The Morgan fingerprint density at radius 3 is 2.39 bits per heavy atom. The third kappa shape index (κ3) is 5.40. The van der Waals surface area contributed by atoms with Crippen molar-refractivity contribution in [3.8, 4) is 17.6 Å². The van der Waals surface area contributed by atoms with Crippen molar-refractivity contribution in [3.63, 3.8) is 0 Å². The van der Waals surface area contributed by atoms with E-state index in [1.54, 1.807) is 32.2 Å². The first-order valence-corrected chi connectivity index (χ1v) is 7.01. The van der Waals surface area contributed by atoms with Crippen molar-refractivity contribution in [2.24, 2.45) is 0 Å². The van der Waals surface area contributed by atoms with Crippen LogP contribution in [0.5, 0.6) is 11.5 Å². The number of halogens is 1. The van der Waals surface area contributed by atoms with Gasteiger partial charge >= 0.3 is 0 Å². The fraction of sp³-hybridized carbons (Fsp3) is 0.235. The smallest absolute Gasteiger partial charge is 0.197 e. The molecule has 0 unspecified atom stereocenters. The lowest BCUT2D eigenvalue weighted by molar-refractivity contribution is 0.111. The standard InChI is InChI=1S/C11H13FO3.C6H4N2/c1-3-14-10-8(7-13)5-6-9(12)11(10)15-4-2;7-4-6-2-1-3-8-5-6/h5-7H,3-4H2,1-2H3;1-3,5H. The molecule has 0 fully saturated rings. The van der Waals surface area contributed by atoms with Crippen LogP contribution in [-0.4, -0.2) is 24.5 Å². The summed E-state index contributed by atoms with van der Waals surface area (Å²) in [4.78, 5) is 14.4. The molecular weight excluding hydrogens is 299 g/mol. The van der Waals surface area contributed by atoms with Gasteiger partial charge in [0, 0.05) is 12.4 Å². The number of pyridine rings is 1. The number of hydrogen-bond donors (Lipinski definition) is 0. The highest BCUT2D eigenvalue weighted by atomic mass is 19.1. The molecule has 1 aromatic carbocycles. The summed E-state index contributed by atoms with van der Waals surface area (Å²) in [7, 11) is 0. The molecule has 1 heterocycles. The highest BCUT2D eigenvalue weighted by molar-refractivity contribution is 5.81. The van der Waals surface area contributed by atoms with Gasteiger partial charge in [-0.2, -0.15) is 5.26 Å². The fourth-order valence-corrected chi connectivity index (χ4v) is 1.65. The third-order valence-electron chi connectivity index (χ3n) is 2.59. The summed E-state index contributed by atoms with van der Waals surface area (Å²) in [5, 5.41) is 8.25. The molecule has 0 aliphatic carbocycles. The van der Waals surface area contributed by atoms with E-state index in [0.717, 1.165) is 0 Å². The van der Waals surface area contributed by atoms with Gasteiger partial charge in [0.1, 0.15) is 6.07 Å². The molecule has 0 N–H and O–H groups in total. The predicted molar refractivity (Wildman–Crippen MR) is 83.1 cm³/mol. The van der Waals surface area contributed by atoms with Crippen molar-refractivity contribution < 1.29 is 18.7 Å². The third-order valence-corrected chi connectivity index (χ3v) is 2.59. The summed E-state index contributed by atoms with van der Waals surface area (Å²) in [5.74, 6) is -0.343. The Kier molecular flexibility index (Phi) is 7.79. The lowest BCUT2D eigenvalue weighted by Crippen LogP contribution is -2.03. The van der Waals surface area contributed by atoms with Crippen LogP contribution in [0.25, 0.3) is 0 Å². The van der Waals surface area contributed by atoms with E-state index in [1.165, 1.54) is 18.3 Å². The molecule has 0 spiro atoms. The van der Waals surface area contributed by atoms with E-state index in [2.05, 4.69) is 4.98 Å². The van der Waals surface area contributed by atoms with Crippen molar-refractivity contribution in [2.45, 2.75) is 13.8 Å². The Balaban J connectivity index is 0.000000277. The quantitative estimate of drug-likeness (QED) is 0.791. The van der Waals surface area contributed by atoms with E-state index >= 15 is 0 Å². The van der Waals surface area contributed by atoms with Crippen LogP contribution in [0.3, 0.4) is 0 Å². The molecule has 120 valence electrons. The van der Waals surface area contributed by atoms with Crippen LogP contribution in [0.1, 0.15) is 29.8 Å². The van der Waals surface area contributed by atoms with Gasteiger partial charge < -0.3 is 9.47 Å². The maximum absolute atomic E-state index is 13.4. The van der Waals surface area contributed by atoms with Crippen molar-refractivity contribution in [1.82, 2.24) is 4.98 Å². The van der Waals surface area contributed by atoms with E-state index < -0.39 is 5.82 Å². The Morgan fingerprint density at radius 1 is 1.22 bits per heavy atom. The summed E-state index contributed by atoms with van der Waals surface area (Å²) < 4.78 is 23.7. The largest absolute Gasteiger partial charge is 0.489 e. The van der Waals surface area contributed by atoms with Gasteiger partial charge in [0.15, 0.2) is 23.6 Å². The topological polar surface area (TPSA) is 72.2 Å². The second-order valence-corrected chi connectivity index (χ2v) is 4.13. The van der Waals surface area contributed by atoms with Gasteiger partial charge in [0.2, 0.25) is 0 Å². The van der Waals surface area contributed by atoms with Gasteiger partial charge in [-0.3, -0.25) is 9.78 Å². The van der Waals surface area contributed by atoms with Gasteiger partial charge in [-0.25, -0.2) is 4.39 Å². The molecule has 1 aromatic heterocycles. The maximum Gasteiger partial charge on any atom is 0.197 e. The Labute approximate surface area is 134 Å². The molecule has 0 atom stereocenters. The van der Waals surface area contributed by atoms with Crippen LogP contribution in [0, 0.1) is 17.1 Å². The van der Waals surface area contributed by atoms with E-state index in [1.807, 2.05) is 6.07 Å². The van der Waals surface area contributed by atoms with Gasteiger partial charge in [-0.15, -0.1) is 0 Å². The zero-order chi connectivity index (χ0) is 17.1. The minimum Gasteiger partial charge on any atom is -0.489 e. The minimum absolute atomic E-state index is 0.00366. The average molecular weight is 316 g/mol. The summed E-state index contributed by atoms with van der Waals surface area (Å²) >= 11 is 0. The normalized spacial score (nSPS) is 9.13. The number of ether oxygens (including phenoxy) is 2. The van der Waals surface area contributed by atoms with Crippen molar-refractivity contribution in [3.05, 3.63) is 53.6 Å². The molecule has 0 bridgehead atoms. The molecule has 0 amide bonds. The number of carbonyl (C=O) groups is 1. The molecule has 0 saturated carbocycles. The summed E-state index contributed by atoms with van der Waals surface area (Å²) in [6.07, 6.45) is 3.79. The van der Waals surface area contributed by atoms with E-state index in [9.17, 15) is 9.18 Å². The van der Waals surface area contributed by atoms with E-state index in [0.29, 0.717) is 30.6 Å². The number of aldehydes is 1. The SMILES string of the molecule is CCOc1c(F)ccc(C=O)c1OCC.N#Cc1cccnc1. The lowest BCUT2D eigenvalue weighted by Gasteiger charge is -2.12. The monoisotopic (exact) mass is 316 g/mol. The van der Waals surface area contributed by atoms with Crippen LogP contribution in [0.4, 0.5) is 4.39 Å². The second kappa shape index (κ2) is 9.90. The highest BCUT2D eigenvalue weighted by Gasteiger charge is 2.15. The summed E-state index contributed by atoms with van der Waals surface area (Å²) in [5.41, 5.74) is 0.897. The summed E-state index contributed by atoms with van der Waals surface area (Å²) in [6.45, 7) is 4.17. The molecule has 6 heteroatoms. The molecule has 5 nitrogen and oxygen atoms in total. The molecular formula is C17H17FN2O3. The Morgan fingerprint density at radius 2 is 1.91 bits per heavy atom. The molecule has 0 saturated heterocycles. The number of nitrogens with zero attached hydrogens (tertiary/aromatic N) is 2. The maximum atomic E-state index is 13.4. The summed E-state index contributed by atoms with van der Waals surface area (Å²) in [6, 6.07) is 7.98. The first-order chi connectivity index (χ1) is 11.2. The first-order valence-electron chi connectivity index (χ1n) is 7.01. The van der Waals surface area contributed by atoms with Crippen molar-refractivity contribution in [2.75, 3.05) is 13.2 Å². The van der Waals surface area contributed by atoms with Crippen molar-refractivity contribution in [1.29, 1.82) is 5.26 Å². The lowest BCUT2D eigenvalue weighted by atomic mass is 10.2. The van der Waals surface area contributed by atoms with Gasteiger partial charge in [-0.05, 0) is 38.1 Å². The van der Waals surface area contributed by atoms with Gasteiger partial charge in [0.25, 0.3) is 0 Å². The van der Waals surface area contributed by atoms with Crippen LogP contribution >= 0.6 is 0 Å². The van der Waals surface area contributed by atoms with Crippen LogP contribution in [0.2, 0.25) is 0 Å². The van der Waals surface area contributed by atoms with E-state index in [-0.39, 0.29) is 11.5 Å². The van der Waals surface area contributed by atoms with Gasteiger partial charge in [-0.1, -0.05) is 0 Å². The second-order valence-electron chi connectivity index (χ2n) is 4.13. The number of carbonyl (C=O) groups excluding carboxylic acids is 1. The molecule has 0 aliphatic rings.